The number of benzene rings is 3. The van der Waals surface area contributed by atoms with Gasteiger partial charge in [-0.25, -0.2) is 0 Å². The van der Waals surface area contributed by atoms with Gasteiger partial charge in [-0.1, -0.05) is 54.6 Å². The van der Waals surface area contributed by atoms with E-state index in [1.807, 2.05) is 48.7 Å². The maximum Gasteiger partial charge on any atom is 0.315 e. The summed E-state index contributed by atoms with van der Waals surface area (Å²) in [4.78, 5) is 15.4. The van der Waals surface area contributed by atoms with E-state index in [1.54, 1.807) is 12.1 Å². The lowest BCUT2D eigenvalue weighted by atomic mass is 9.99. The Morgan fingerprint density at radius 2 is 1.72 bits per heavy atom. The second kappa shape index (κ2) is 6.65. The lowest BCUT2D eigenvalue weighted by molar-refractivity contribution is -0.133. The normalized spacial score (nSPS) is 10.7. The number of aromatic amines is 1. The van der Waals surface area contributed by atoms with E-state index >= 15 is 0 Å². The van der Waals surface area contributed by atoms with Crippen LogP contribution in [0.4, 0.5) is 0 Å². The predicted molar refractivity (Wildman–Crippen MR) is 99.5 cm³/mol. The van der Waals surface area contributed by atoms with Crippen LogP contribution < -0.4 is 4.74 Å². The molecule has 25 heavy (non-hydrogen) atoms. The quantitative estimate of drug-likeness (QED) is 0.424. The summed E-state index contributed by atoms with van der Waals surface area (Å²) in [5.74, 6) is 0.309. The number of carbonyl (C=O) groups is 1. The minimum absolute atomic E-state index is 0.242. The number of carbonyl (C=O) groups excluding carboxylic acids is 1. The maximum absolute atomic E-state index is 12.2. The van der Waals surface area contributed by atoms with Gasteiger partial charge < -0.3 is 9.72 Å². The van der Waals surface area contributed by atoms with E-state index in [2.05, 4.69) is 29.2 Å². The van der Waals surface area contributed by atoms with Gasteiger partial charge in [0.25, 0.3) is 0 Å². The summed E-state index contributed by atoms with van der Waals surface area (Å²) in [5, 5.41) is 1.17. The van der Waals surface area contributed by atoms with Crippen LogP contribution in [-0.4, -0.2) is 11.0 Å². The molecule has 1 aromatic heterocycles. The van der Waals surface area contributed by atoms with Crippen LogP contribution in [0, 0.1) is 0 Å². The molecule has 0 aliphatic heterocycles. The molecule has 0 aliphatic rings. The maximum atomic E-state index is 12.2. The van der Waals surface area contributed by atoms with Gasteiger partial charge in [0.05, 0.1) is 6.42 Å². The van der Waals surface area contributed by atoms with Crippen molar-refractivity contribution in [3.63, 3.8) is 0 Å². The third kappa shape index (κ3) is 3.31. The van der Waals surface area contributed by atoms with Gasteiger partial charge in [0.1, 0.15) is 5.75 Å². The first kappa shape index (κ1) is 15.2. The summed E-state index contributed by atoms with van der Waals surface area (Å²) in [6.45, 7) is 0. The molecule has 1 heterocycles. The number of aromatic nitrogens is 1. The third-order valence-corrected chi connectivity index (χ3v) is 4.16. The summed E-state index contributed by atoms with van der Waals surface area (Å²) in [6.07, 6.45) is 2.18. The number of esters is 1. The van der Waals surface area contributed by atoms with Gasteiger partial charge in [0, 0.05) is 17.1 Å². The Balaban J connectivity index is 1.57. The van der Waals surface area contributed by atoms with E-state index in [0.29, 0.717) is 5.75 Å². The Bertz CT molecular complexity index is 1020. The number of ether oxygens (including phenoxy) is 1. The molecule has 3 aromatic carbocycles. The zero-order valence-electron chi connectivity index (χ0n) is 13.6. The molecule has 0 amide bonds. The smallest absolute Gasteiger partial charge is 0.315 e. The predicted octanol–water partition coefficient (Wildman–Crippen LogP) is 4.98. The Morgan fingerprint density at radius 3 is 2.60 bits per heavy atom. The Labute approximate surface area is 145 Å². The standard InChI is InChI=1S/C22H17NO2/c24-22(25-18-8-2-1-3-9-18)15-16-6-4-7-17(14-16)19-10-5-11-21-20(19)12-13-23-21/h1-14,23H,15H2. The van der Waals surface area contributed by atoms with Crippen molar-refractivity contribution in [2.24, 2.45) is 0 Å². The van der Waals surface area contributed by atoms with Gasteiger partial charge in [-0.2, -0.15) is 0 Å². The zero-order chi connectivity index (χ0) is 17.1. The first-order valence-corrected chi connectivity index (χ1v) is 8.21. The Hall–Kier alpha value is -3.33. The molecule has 0 unspecified atom stereocenters. The molecule has 4 aromatic rings. The Kier molecular flexibility index (Phi) is 4.05. The summed E-state index contributed by atoms with van der Waals surface area (Å²) >= 11 is 0. The molecule has 0 saturated carbocycles. The van der Waals surface area contributed by atoms with E-state index in [-0.39, 0.29) is 12.4 Å². The SMILES string of the molecule is O=C(Cc1cccc(-c2cccc3[nH]ccc23)c1)Oc1ccccc1. The van der Waals surface area contributed by atoms with Gasteiger partial charge in [0.2, 0.25) is 0 Å². The van der Waals surface area contributed by atoms with Crippen LogP contribution in [0.1, 0.15) is 5.56 Å². The topological polar surface area (TPSA) is 42.1 Å². The number of hydrogen-bond acceptors (Lipinski definition) is 2. The molecule has 0 radical (unpaired) electrons. The van der Waals surface area contributed by atoms with E-state index < -0.39 is 0 Å². The molecule has 0 aliphatic carbocycles. The van der Waals surface area contributed by atoms with Crippen LogP contribution in [0.15, 0.2) is 85.1 Å². The van der Waals surface area contributed by atoms with Crippen molar-refractivity contribution in [2.45, 2.75) is 6.42 Å². The molecule has 122 valence electrons. The molecule has 0 spiro atoms. The van der Waals surface area contributed by atoms with Crippen LogP contribution in [0.2, 0.25) is 0 Å². The fraction of sp³-hybridized carbons (Fsp3) is 0.0455. The van der Waals surface area contributed by atoms with Crippen LogP contribution in [0.25, 0.3) is 22.0 Å². The monoisotopic (exact) mass is 327 g/mol. The van der Waals surface area contributed by atoms with E-state index in [1.165, 1.54) is 5.39 Å². The van der Waals surface area contributed by atoms with E-state index in [0.717, 1.165) is 22.2 Å². The van der Waals surface area contributed by atoms with Gasteiger partial charge >= 0.3 is 5.97 Å². The summed E-state index contributed by atoms with van der Waals surface area (Å²) < 4.78 is 5.38. The second-order valence-corrected chi connectivity index (χ2v) is 5.91. The number of hydrogen-bond donors (Lipinski definition) is 1. The zero-order valence-corrected chi connectivity index (χ0v) is 13.6. The van der Waals surface area contributed by atoms with Crippen molar-refractivity contribution in [2.75, 3.05) is 0 Å². The first-order valence-electron chi connectivity index (χ1n) is 8.21. The third-order valence-electron chi connectivity index (χ3n) is 4.16. The van der Waals surface area contributed by atoms with Crippen molar-refractivity contribution in [1.29, 1.82) is 0 Å². The van der Waals surface area contributed by atoms with Crippen molar-refractivity contribution < 1.29 is 9.53 Å². The fourth-order valence-electron chi connectivity index (χ4n) is 3.01. The average molecular weight is 327 g/mol. The van der Waals surface area contributed by atoms with Crippen molar-refractivity contribution in [3.8, 4) is 16.9 Å². The van der Waals surface area contributed by atoms with Crippen molar-refractivity contribution in [3.05, 3.63) is 90.6 Å². The minimum atomic E-state index is -0.261. The van der Waals surface area contributed by atoms with Gasteiger partial charge in [-0.15, -0.1) is 0 Å². The molecule has 1 N–H and O–H groups in total. The van der Waals surface area contributed by atoms with Gasteiger partial charge in [0.15, 0.2) is 0 Å². The molecule has 0 saturated heterocycles. The van der Waals surface area contributed by atoms with Crippen LogP contribution in [-0.2, 0) is 11.2 Å². The molecule has 3 heteroatoms. The molecule has 0 bridgehead atoms. The summed E-state index contributed by atoms with van der Waals surface area (Å²) in [5.41, 5.74) is 4.28. The van der Waals surface area contributed by atoms with Crippen LogP contribution >= 0.6 is 0 Å². The molecular formula is C22H17NO2. The first-order chi connectivity index (χ1) is 12.3. The highest BCUT2D eigenvalue weighted by Gasteiger charge is 2.09. The Morgan fingerprint density at radius 1 is 0.880 bits per heavy atom. The fourth-order valence-corrected chi connectivity index (χ4v) is 3.01. The van der Waals surface area contributed by atoms with Crippen molar-refractivity contribution >= 4 is 16.9 Å². The average Bonchev–Trinajstić information content (AvgIpc) is 3.11. The van der Waals surface area contributed by atoms with E-state index in [9.17, 15) is 4.79 Å². The lowest BCUT2D eigenvalue weighted by Crippen LogP contribution is -2.11. The molecule has 0 atom stereocenters. The lowest BCUT2D eigenvalue weighted by Gasteiger charge is -2.08. The van der Waals surface area contributed by atoms with Crippen molar-refractivity contribution in [1.82, 2.24) is 4.98 Å². The van der Waals surface area contributed by atoms with Crippen LogP contribution in [0.3, 0.4) is 0 Å². The highest BCUT2D eigenvalue weighted by Crippen LogP contribution is 2.28. The number of rotatable bonds is 4. The largest absolute Gasteiger partial charge is 0.426 e. The number of H-pyrrole nitrogens is 1. The molecular weight excluding hydrogens is 310 g/mol. The molecule has 4 rings (SSSR count). The second-order valence-electron chi connectivity index (χ2n) is 5.91. The highest BCUT2D eigenvalue weighted by atomic mass is 16.5. The van der Waals surface area contributed by atoms with Crippen LogP contribution in [0.5, 0.6) is 5.75 Å². The summed E-state index contributed by atoms with van der Waals surface area (Å²) in [6, 6.07) is 25.4. The van der Waals surface area contributed by atoms with E-state index in [4.69, 9.17) is 4.74 Å². The minimum Gasteiger partial charge on any atom is -0.426 e. The number of nitrogens with one attached hydrogen (secondary N) is 1. The van der Waals surface area contributed by atoms with Gasteiger partial charge in [-0.3, -0.25) is 4.79 Å². The van der Waals surface area contributed by atoms with Gasteiger partial charge in [-0.05, 0) is 41.0 Å². The summed E-state index contributed by atoms with van der Waals surface area (Å²) in [7, 11) is 0. The molecule has 0 fully saturated rings. The molecule has 3 nitrogen and oxygen atoms in total. The highest BCUT2D eigenvalue weighted by molar-refractivity contribution is 5.95. The number of para-hydroxylation sites is 1. The number of fused-ring (bicyclic) bond motifs is 1.